The van der Waals surface area contributed by atoms with Gasteiger partial charge in [-0.15, -0.1) is 0 Å². The molecule has 0 heterocycles. The summed E-state index contributed by atoms with van der Waals surface area (Å²) < 4.78 is 26.2. The molecule has 9 nitrogen and oxygen atoms in total. The van der Waals surface area contributed by atoms with Gasteiger partial charge in [0.1, 0.15) is 12.7 Å². The predicted molar refractivity (Wildman–Crippen MR) is 160 cm³/mol. The molecule has 3 N–H and O–H groups in total. The number of carbonyl (C=O) groups is 2. The molecule has 40 heavy (non-hydrogen) atoms. The maximum absolute atomic E-state index is 11.9. The van der Waals surface area contributed by atoms with E-state index in [-0.39, 0.29) is 32.1 Å². The fourth-order valence-electron chi connectivity index (χ4n) is 3.23. The lowest BCUT2D eigenvalue weighted by Gasteiger charge is -2.15. The minimum Gasteiger partial charge on any atom is -0.463 e. The molecule has 0 bridgehead atoms. The lowest BCUT2D eigenvalue weighted by molar-refractivity contribution is -0.147. The molecule has 0 aliphatic rings. The third-order valence-corrected chi connectivity index (χ3v) is 6.50. The first-order valence-electron chi connectivity index (χ1n) is 14.6. The van der Waals surface area contributed by atoms with Crippen LogP contribution in [-0.2, 0) is 27.9 Å². The molecule has 2 unspecified atom stereocenters. The topological polar surface area (TPSA) is 131 Å². The van der Waals surface area contributed by atoms with Crippen LogP contribution in [0.25, 0.3) is 0 Å². The zero-order chi connectivity index (χ0) is 29.7. The van der Waals surface area contributed by atoms with Crippen molar-refractivity contribution in [2.75, 3.05) is 26.4 Å². The Hall–Kier alpha value is -2.03. The Bertz CT molecular complexity index is 810. The molecule has 230 valence electrons. The smallest absolute Gasteiger partial charge is 0.463 e. The van der Waals surface area contributed by atoms with Gasteiger partial charge < -0.3 is 20.1 Å². The number of aliphatic hydroxyl groups is 1. The summed E-state index contributed by atoms with van der Waals surface area (Å²) in [5.41, 5.74) is 0. The van der Waals surface area contributed by atoms with Crippen molar-refractivity contribution >= 4 is 19.7 Å². The fraction of sp³-hybridized carbons (Fsp3) is 0.667. The van der Waals surface area contributed by atoms with E-state index in [1.54, 1.807) is 0 Å². The van der Waals surface area contributed by atoms with Crippen molar-refractivity contribution in [3.8, 4) is 0 Å². The average molecular weight is 586 g/mol. The minimum absolute atomic E-state index is 0.0503. The highest BCUT2D eigenvalue weighted by atomic mass is 31.2. The second-order valence-corrected chi connectivity index (χ2v) is 10.8. The van der Waals surface area contributed by atoms with E-state index in [1.165, 1.54) is 25.7 Å². The number of nitrogens with one attached hydrogen (secondary N) is 1. The van der Waals surface area contributed by atoms with E-state index >= 15 is 0 Å². The second kappa shape index (κ2) is 27.2. The van der Waals surface area contributed by atoms with Gasteiger partial charge in [-0.3, -0.25) is 18.6 Å². The summed E-state index contributed by atoms with van der Waals surface area (Å²) in [6.45, 7) is 3.12. The van der Waals surface area contributed by atoms with Crippen molar-refractivity contribution in [2.45, 2.75) is 103 Å². The van der Waals surface area contributed by atoms with Crippen LogP contribution in [0.2, 0.25) is 0 Å². The van der Waals surface area contributed by atoms with E-state index in [0.29, 0.717) is 19.3 Å². The summed E-state index contributed by atoms with van der Waals surface area (Å²) in [5.74, 6) is -0.618. The fourth-order valence-corrected chi connectivity index (χ4v) is 3.99. The van der Waals surface area contributed by atoms with Gasteiger partial charge in [0, 0.05) is 19.4 Å². The number of esters is 1. The number of allylic oxidation sites excluding steroid dienone is 8. The lowest BCUT2D eigenvalue weighted by Crippen LogP contribution is -2.27. The number of aliphatic hydroxyl groups excluding tert-OH is 1. The Morgan fingerprint density at radius 3 is 1.95 bits per heavy atom. The maximum Gasteiger partial charge on any atom is 0.472 e. The van der Waals surface area contributed by atoms with E-state index in [2.05, 4.69) is 60.8 Å². The van der Waals surface area contributed by atoms with Crippen molar-refractivity contribution in [2.24, 2.45) is 0 Å². The molecule has 0 radical (unpaired) electrons. The van der Waals surface area contributed by atoms with E-state index < -0.39 is 26.5 Å². The predicted octanol–water partition coefficient (Wildman–Crippen LogP) is 6.48. The molecule has 0 saturated heterocycles. The lowest BCUT2D eigenvalue weighted by atomic mass is 10.2. The van der Waals surface area contributed by atoms with Crippen LogP contribution in [0, 0.1) is 0 Å². The molecule has 0 aromatic heterocycles. The number of carbonyl (C=O) groups excluding carboxylic acids is 2. The first-order valence-corrected chi connectivity index (χ1v) is 16.1. The highest BCUT2D eigenvalue weighted by molar-refractivity contribution is 7.47. The third kappa shape index (κ3) is 27.5. The van der Waals surface area contributed by atoms with Gasteiger partial charge in [-0.1, -0.05) is 81.7 Å². The average Bonchev–Trinajstić information content (AvgIpc) is 2.93. The largest absolute Gasteiger partial charge is 0.472 e. The quantitative estimate of drug-likeness (QED) is 0.0455. The molecule has 0 aliphatic carbocycles. The van der Waals surface area contributed by atoms with Crippen LogP contribution in [0.15, 0.2) is 48.6 Å². The summed E-state index contributed by atoms with van der Waals surface area (Å²) in [6.07, 6.45) is 27.4. The standard InChI is InChI=1S/C30H52NO8P/c1-3-5-7-8-9-10-11-12-13-14-15-16-17-18-19-20-21-22-29(33)31-24-25-38-40(35,36)39-27-28(32)26-37-30(34)23-6-4-2/h9-10,12-13,15-16,18-19,28,32H,3-8,11,14,17,20-27H2,1-2H3,(H,31,33)(H,35,36)/b10-9-,13-12-,16-15-,19-18-. The monoisotopic (exact) mass is 585 g/mol. The van der Waals surface area contributed by atoms with E-state index in [4.69, 9.17) is 13.8 Å². The molecule has 0 aromatic rings. The molecule has 10 heteroatoms. The summed E-state index contributed by atoms with van der Waals surface area (Å²) in [5, 5.41) is 12.3. The Kier molecular flexibility index (Phi) is 25.8. The second-order valence-electron chi connectivity index (χ2n) is 9.37. The number of amides is 1. The Morgan fingerprint density at radius 2 is 1.35 bits per heavy atom. The van der Waals surface area contributed by atoms with Crippen LogP contribution < -0.4 is 5.32 Å². The SMILES string of the molecule is CCCCC/C=C\C/C=C\C/C=C\C/C=C\CCCC(=O)NCCOP(=O)(O)OCC(O)COC(=O)CCCC. The number of ether oxygens (including phenoxy) is 1. The van der Waals surface area contributed by atoms with Gasteiger partial charge in [0.05, 0.1) is 13.2 Å². The molecular weight excluding hydrogens is 533 g/mol. The molecule has 0 fully saturated rings. The van der Waals surface area contributed by atoms with Crippen molar-refractivity contribution in [3.05, 3.63) is 48.6 Å². The molecule has 0 rings (SSSR count). The van der Waals surface area contributed by atoms with Crippen molar-refractivity contribution in [3.63, 3.8) is 0 Å². The van der Waals surface area contributed by atoms with Crippen molar-refractivity contribution < 1.29 is 37.9 Å². The number of hydrogen-bond acceptors (Lipinski definition) is 7. The van der Waals surface area contributed by atoms with Gasteiger partial charge >= 0.3 is 13.8 Å². The first-order chi connectivity index (χ1) is 19.3. The van der Waals surface area contributed by atoms with Crippen molar-refractivity contribution in [1.82, 2.24) is 5.32 Å². The Labute approximate surface area is 241 Å². The summed E-state index contributed by atoms with van der Waals surface area (Å²) in [6, 6.07) is 0. The van der Waals surface area contributed by atoms with Crippen LogP contribution in [-0.4, -0.2) is 54.3 Å². The van der Waals surface area contributed by atoms with Crippen LogP contribution in [0.5, 0.6) is 0 Å². The molecular formula is C30H52NO8P. The van der Waals surface area contributed by atoms with Gasteiger partial charge in [0.2, 0.25) is 5.91 Å². The van der Waals surface area contributed by atoms with E-state index in [0.717, 1.165) is 32.1 Å². The molecule has 1 amide bonds. The number of rotatable bonds is 26. The summed E-state index contributed by atoms with van der Waals surface area (Å²) >= 11 is 0. The molecule has 0 aromatic carbocycles. The molecule has 0 aliphatic heterocycles. The van der Waals surface area contributed by atoms with Gasteiger partial charge in [-0.25, -0.2) is 4.57 Å². The highest BCUT2D eigenvalue weighted by Crippen LogP contribution is 2.42. The summed E-state index contributed by atoms with van der Waals surface area (Å²) in [4.78, 5) is 32.9. The molecule has 2 atom stereocenters. The van der Waals surface area contributed by atoms with E-state index in [9.17, 15) is 24.2 Å². The number of unbranched alkanes of at least 4 members (excludes halogenated alkanes) is 5. The van der Waals surface area contributed by atoms with Crippen molar-refractivity contribution in [1.29, 1.82) is 0 Å². The van der Waals surface area contributed by atoms with Gasteiger partial charge in [-0.2, -0.15) is 0 Å². The van der Waals surface area contributed by atoms with Gasteiger partial charge in [-0.05, 0) is 51.4 Å². The van der Waals surface area contributed by atoms with Crippen LogP contribution in [0.4, 0.5) is 0 Å². The van der Waals surface area contributed by atoms with Crippen LogP contribution >= 0.6 is 7.82 Å². The highest BCUT2D eigenvalue weighted by Gasteiger charge is 2.23. The number of hydrogen-bond donors (Lipinski definition) is 3. The maximum atomic E-state index is 11.9. The zero-order valence-corrected chi connectivity index (χ0v) is 25.4. The Balaban J connectivity index is 3.74. The number of phosphoric ester groups is 1. The number of phosphoric acid groups is 1. The van der Waals surface area contributed by atoms with Gasteiger partial charge in [0.15, 0.2) is 0 Å². The van der Waals surface area contributed by atoms with Gasteiger partial charge in [0.25, 0.3) is 0 Å². The Morgan fingerprint density at radius 1 is 0.775 bits per heavy atom. The zero-order valence-electron chi connectivity index (χ0n) is 24.5. The van der Waals surface area contributed by atoms with E-state index in [1.807, 2.05) is 6.92 Å². The normalized spacial score (nSPS) is 14.4. The molecule has 0 saturated carbocycles. The van der Waals surface area contributed by atoms with Crippen LogP contribution in [0.3, 0.4) is 0 Å². The molecule has 0 spiro atoms. The summed E-state index contributed by atoms with van der Waals surface area (Å²) in [7, 11) is -4.40. The third-order valence-electron chi connectivity index (χ3n) is 5.51. The minimum atomic E-state index is -4.40. The van der Waals surface area contributed by atoms with Crippen LogP contribution in [0.1, 0.15) is 97.3 Å². The first kappa shape index (κ1) is 38.0.